The quantitative estimate of drug-likeness (QED) is 0.529. The van der Waals surface area contributed by atoms with Gasteiger partial charge in [-0.25, -0.2) is 9.18 Å². The summed E-state index contributed by atoms with van der Waals surface area (Å²) in [6.45, 7) is 2.24. The molecule has 178 valence electrons. The monoisotopic (exact) mass is 475 g/mol. The lowest BCUT2D eigenvalue weighted by Gasteiger charge is -2.38. The van der Waals surface area contributed by atoms with Crippen LogP contribution in [0.2, 0.25) is 0 Å². The zero-order valence-electron chi connectivity index (χ0n) is 19.0. The van der Waals surface area contributed by atoms with E-state index in [2.05, 4.69) is 0 Å². The van der Waals surface area contributed by atoms with Gasteiger partial charge in [0.15, 0.2) is 17.6 Å². The number of hydrogen-bond donors (Lipinski definition) is 0. The van der Waals surface area contributed by atoms with Gasteiger partial charge in [0.1, 0.15) is 17.0 Å². The van der Waals surface area contributed by atoms with Crippen molar-refractivity contribution in [1.82, 2.24) is 0 Å². The van der Waals surface area contributed by atoms with Crippen LogP contribution in [-0.2, 0) is 26.3 Å². The molecule has 0 fully saturated rings. The average molecular weight is 475 g/mol. The number of esters is 1. The maximum Gasteiger partial charge on any atom is 0.347 e. The summed E-state index contributed by atoms with van der Waals surface area (Å²) in [5.74, 6) is 0.322. The average Bonchev–Trinajstić information content (AvgIpc) is 3.41. The predicted molar refractivity (Wildman–Crippen MR) is 123 cm³/mol. The first-order valence-electron chi connectivity index (χ1n) is 11.4. The van der Waals surface area contributed by atoms with Crippen molar-refractivity contribution in [3.8, 4) is 17.2 Å². The maximum absolute atomic E-state index is 14.4. The molecule has 0 aliphatic carbocycles. The predicted octanol–water partition coefficient (Wildman–Crippen LogP) is 4.10. The molecule has 2 atom stereocenters. The number of fused-ring (bicyclic) bond motifs is 5. The van der Waals surface area contributed by atoms with Gasteiger partial charge in [-0.05, 0) is 42.3 Å². The number of carbonyl (C=O) groups is 2. The normalized spacial score (nSPS) is 21.5. The van der Waals surface area contributed by atoms with Crippen molar-refractivity contribution in [3.63, 3.8) is 0 Å². The van der Waals surface area contributed by atoms with Gasteiger partial charge in [-0.15, -0.1) is 0 Å². The second-order valence-corrected chi connectivity index (χ2v) is 8.70. The van der Waals surface area contributed by atoms with Gasteiger partial charge in [-0.2, -0.15) is 0 Å². The molecule has 0 aromatic heterocycles. The van der Waals surface area contributed by atoms with Crippen LogP contribution in [0.15, 0.2) is 60.7 Å². The van der Waals surface area contributed by atoms with Crippen LogP contribution in [0.3, 0.4) is 0 Å². The second-order valence-electron chi connectivity index (χ2n) is 8.70. The molecule has 0 N–H and O–H groups in total. The second kappa shape index (κ2) is 8.01. The molecular weight excluding hydrogens is 453 g/mol. The van der Waals surface area contributed by atoms with Gasteiger partial charge in [-0.1, -0.05) is 30.3 Å². The lowest BCUT2D eigenvalue weighted by atomic mass is 9.69. The number of nitrogens with zero attached hydrogens (tertiary/aromatic N) is 1. The molecule has 6 rings (SSSR count). The smallest absolute Gasteiger partial charge is 0.347 e. The number of anilines is 1. The lowest BCUT2D eigenvalue weighted by Crippen LogP contribution is -2.49. The van der Waals surface area contributed by atoms with Crippen LogP contribution < -0.4 is 19.1 Å². The Kier molecular flexibility index (Phi) is 4.91. The summed E-state index contributed by atoms with van der Waals surface area (Å²) in [4.78, 5) is 28.9. The van der Waals surface area contributed by atoms with E-state index in [0.717, 1.165) is 16.8 Å². The molecule has 0 saturated carbocycles. The third-order valence-corrected chi connectivity index (χ3v) is 6.76. The Balaban J connectivity index is 1.52. The molecule has 0 saturated heterocycles. The summed E-state index contributed by atoms with van der Waals surface area (Å²) < 4.78 is 36.0. The zero-order chi connectivity index (χ0) is 24.2. The van der Waals surface area contributed by atoms with Crippen LogP contribution >= 0.6 is 0 Å². The molecule has 3 aliphatic heterocycles. The highest BCUT2D eigenvalue weighted by molar-refractivity contribution is 6.11. The molecule has 3 aromatic rings. The summed E-state index contributed by atoms with van der Waals surface area (Å²) in [5.41, 5.74) is 1.70. The standard InChI is InChI=1S/C27H22FNO6/c1-2-32-25(30)24-13-27(19-11-22-23(34-15-33-22)12-21(19)35-24)18-5-3-4-6-20(18)29(26(27)31)14-16-7-9-17(28)10-8-16/h3-12,24H,2,13-15H2,1H3. The molecule has 2 unspecified atom stereocenters. The van der Waals surface area contributed by atoms with Crippen LogP contribution in [0, 0.1) is 5.82 Å². The Bertz CT molecular complexity index is 1340. The van der Waals surface area contributed by atoms with Crippen LogP contribution in [0.4, 0.5) is 10.1 Å². The minimum atomic E-state index is -1.19. The highest BCUT2D eigenvalue weighted by Crippen LogP contribution is 2.56. The lowest BCUT2D eigenvalue weighted by molar-refractivity contribution is -0.153. The van der Waals surface area contributed by atoms with E-state index in [0.29, 0.717) is 22.8 Å². The van der Waals surface area contributed by atoms with Gasteiger partial charge in [-0.3, -0.25) is 4.79 Å². The van der Waals surface area contributed by atoms with Crippen LogP contribution in [0.5, 0.6) is 17.2 Å². The molecule has 3 aromatic carbocycles. The van der Waals surface area contributed by atoms with E-state index >= 15 is 0 Å². The van der Waals surface area contributed by atoms with Gasteiger partial charge in [0.2, 0.25) is 12.7 Å². The van der Waals surface area contributed by atoms with E-state index in [4.69, 9.17) is 18.9 Å². The largest absolute Gasteiger partial charge is 0.478 e. The number of ether oxygens (including phenoxy) is 4. The molecule has 8 heteroatoms. The molecule has 3 aliphatic rings. The number of halogens is 1. The van der Waals surface area contributed by atoms with Gasteiger partial charge in [0.05, 0.1) is 13.2 Å². The molecule has 7 nitrogen and oxygen atoms in total. The summed E-state index contributed by atoms with van der Waals surface area (Å²) in [6.07, 6.45) is -0.903. The number of amides is 1. The third kappa shape index (κ3) is 3.24. The topological polar surface area (TPSA) is 74.3 Å². The third-order valence-electron chi connectivity index (χ3n) is 6.76. The molecule has 3 heterocycles. The van der Waals surface area contributed by atoms with E-state index in [1.165, 1.54) is 12.1 Å². The van der Waals surface area contributed by atoms with Crippen molar-refractivity contribution in [2.45, 2.75) is 31.4 Å². The fourth-order valence-corrected chi connectivity index (χ4v) is 5.22. The number of carbonyl (C=O) groups excluding carboxylic acids is 2. The molecule has 0 radical (unpaired) electrons. The van der Waals surface area contributed by atoms with Gasteiger partial charge in [0.25, 0.3) is 0 Å². The van der Waals surface area contributed by atoms with Crippen molar-refractivity contribution in [1.29, 1.82) is 0 Å². The molecular formula is C27H22FNO6. The number of rotatable bonds is 4. The Morgan fingerprint density at radius 1 is 1.06 bits per heavy atom. The van der Waals surface area contributed by atoms with Crippen molar-refractivity contribution in [3.05, 3.63) is 83.2 Å². The SMILES string of the molecule is CCOC(=O)C1CC2(C(=O)N(Cc3ccc(F)cc3)c3ccccc32)c2cc3c(cc2O1)OCO3. The minimum absolute atomic E-state index is 0.0633. The minimum Gasteiger partial charge on any atom is -0.478 e. The van der Waals surface area contributed by atoms with Crippen molar-refractivity contribution >= 4 is 17.6 Å². The Morgan fingerprint density at radius 2 is 1.80 bits per heavy atom. The zero-order valence-corrected chi connectivity index (χ0v) is 19.0. The van der Waals surface area contributed by atoms with E-state index in [9.17, 15) is 14.0 Å². The van der Waals surface area contributed by atoms with Crippen molar-refractivity contribution < 1.29 is 32.9 Å². The van der Waals surface area contributed by atoms with Gasteiger partial charge >= 0.3 is 5.97 Å². The Morgan fingerprint density at radius 3 is 2.57 bits per heavy atom. The van der Waals surface area contributed by atoms with Crippen LogP contribution in [-0.4, -0.2) is 31.4 Å². The van der Waals surface area contributed by atoms with E-state index in [-0.39, 0.29) is 38.1 Å². The van der Waals surface area contributed by atoms with Gasteiger partial charge in [0, 0.05) is 23.7 Å². The molecule has 0 bridgehead atoms. The Labute approximate surface area is 201 Å². The van der Waals surface area contributed by atoms with E-state index in [1.54, 1.807) is 36.1 Å². The molecule has 1 spiro atoms. The van der Waals surface area contributed by atoms with E-state index < -0.39 is 17.5 Å². The summed E-state index contributed by atoms with van der Waals surface area (Å²) in [7, 11) is 0. The van der Waals surface area contributed by atoms with Crippen molar-refractivity contribution in [2.75, 3.05) is 18.3 Å². The number of para-hydroxylation sites is 1. The summed E-state index contributed by atoms with van der Waals surface area (Å²) >= 11 is 0. The first-order chi connectivity index (χ1) is 17.0. The molecule has 35 heavy (non-hydrogen) atoms. The summed E-state index contributed by atoms with van der Waals surface area (Å²) in [5, 5.41) is 0. The number of benzene rings is 3. The van der Waals surface area contributed by atoms with Crippen LogP contribution in [0.25, 0.3) is 0 Å². The van der Waals surface area contributed by atoms with Gasteiger partial charge < -0.3 is 23.8 Å². The highest BCUT2D eigenvalue weighted by atomic mass is 19.1. The first-order valence-corrected chi connectivity index (χ1v) is 11.4. The van der Waals surface area contributed by atoms with E-state index in [1.807, 2.05) is 24.3 Å². The van der Waals surface area contributed by atoms with Crippen molar-refractivity contribution in [2.24, 2.45) is 0 Å². The highest BCUT2D eigenvalue weighted by Gasteiger charge is 2.58. The summed E-state index contributed by atoms with van der Waals surface area (Å²) in [6, 6.07) is 17.0. The molecule has 1 amide bonds. The fraction of sp³-hybridized carbons (Fsp3) is 0.259. The maximum atomic E-state index is 14.4. The number of hydrogen-bond acceptors (Lipinski definition) is 6. The first kappa shape index (κ1) is 21.5. The fourth-order valence-electron chi connectivity index (χ4n) is 5.22. The van der Waals surface area contributed by atoms with Crippen LogP contribution in [0.1, 0.15) is 30.0 Å². The Hall–Kier alpha value is -4.07.